The number of nitrogens with zero attached hydrogens (tertiary/aromatic N) is 1. The van der Waals surface area contributed by atoms with Crippen LogP contribution in [-0.4, -0.2) is 150 Å². The summed E-state index contributed by atoms with van der Waals surface area (Å²) < 4.78 is 5.88. The van der Waals surface area contributed by atoms with Crippen LogP contribution in [0.5, 0.6) is 5.75 Å². The number of unbranched alkanes of at least 4 members (excludes halogenated alkanes) is 2. The molecule has 438 valence electrons. The SMILES string of the molecule is CC(=O)N[C@@H](C(=O)N[C@H](Cc1cnc[nH]1)C(=O)N[C@H](CCC(=O)O)C(=O)N[C@H](C)C(=O)N[C@H](C)C(=O)N[C@H](C)C(=O)N[C@H](CCCCCNC(=O)c1ccc(C(=O)O)c(-c2c3ccc(=O)cc-3oc3cc(O)ccc23)c1)C(N)=O)[C@H](C)O. The van der Waals surface area contributed by atoms with Gasteiger partial charge in [0.1, 0.15) is 59.4 Å². The Morgan fingerprint density at radius 3 is 1.89 bits per heavy atom. The van der Waals surface area contributed by atoms with Gasteiger partial charge in [-0.25, -0.2) is 9.78 Å². The van der Waals surface area contributed by atoms with Crippen LogP contribution < -0.4 is 53.7 Å². The van der Waals surface area contributed by atoms with Crippen molar-refractivity contribution in [1.29, 1.82) is 0 Å². The fourth-order valence-corrected chi connectivity index (χ4v) is 8.47. The third kappa shape index (κ3) is 17.6. The van der Waals surface area contributed by atoms with E-state index in [9.17, 15) is 78.0 Å². The predicted molar refractivity (Wildman–Crippen MR) is 290 cm³/mol. The van der Waals surface area contributed by atoms with E-state index in [2.05, 4.69) is 52.5 Å². The van der Waals surface area contributed by atoms with Gasteiger partial charge in [-0.1, -0.05) is 12.8 Å². The minimum absolute atomic E-state index is 0.0795. The van der Waals surface area contributed by atoms with Crippen LogP contribution in [0.4, 0.5) is 0 Å². The quantitative estimate of drug-likeness (QED) is 0.0211. The lowest BCUT2D eigenvalue weighted by Crippen LogP contribution is -2.60. The standard InChI is InChI=1S/C54H65N11O17/c1-25(59-48(74)26(2)61-51(77)39(16-17-43(70)71)64-52(78)40(20-31-23-56-24-58-31)65-53(79)45(28(4)66)62-29(5)67)47(73)60-27(3)49(75)63-38(46(55)72)9-7-6-8-18-57-50(76)30-10-13-34(54(80)81)37(19-30)44-35-14-11-32(68)21-41(35)82-42-22-33(69)12-15-36(42)44/h10-15,19,21-28,38-40,45,66,68H,6-9,16-18,20H2,1-5H3,(H2,55,72)(H,56,58)(H,57,76)(H,59,74)(H,60,73)(H,61,77)(H,62,67)(H,63,75)(H,64,78)(H,65,79)(H,70,71)(H,80,81)/t25-,26-,27-,28+,38-,39-,40-,45-/m1/s1. The molecule has 15 N–H and O–H groups in total. The highest BCUT2D eigenvalue weighted by Crippen LogP contribution is 2.42. The maximum Gasteiger partial charge on any atom is 0.336 e. The number of aliphatic carboxylic acids is 1. The van der Waals surface area contributed by atoms with Gasteiger partial charge in [0.25, 0.3) is 5.91 Å². The highest BCUT2D eigenvalue weighted by atomic mass is 16.4. The number of aliphatic hydroxyl groups is 1. The molecule has 3 aromatic rings. The highest BCUT2D eigenvalue weighted by molar-refractivity contribution is 6.09. The molecule has 8 atom stereocenters. The summed E-state index contributed by atoms with van der Waals surface area (Å²) in [6.07, 6.45) is 1.20. The average molecular weight is 1140 g/mol. The first-order valence-electron chi connectivity index (χ1n) is 25.9. The van der Waals surface area contributed by atoms with E-state index in [1.54, 1.807) is 0 Å². The number of hydrogen-bond donors (Lipinski definition) is 14. The van der Waals surface area contributed by atoms with Crippen molar-refractivity contribution in [3.8, 4) is 28.2 Å². The summed E-state index contributed by atoms with van der Waals surface area (Å²) in [4.78, 5) is 160. The Kier molecular flexibility index (Phi) is 22.3. The van der Waals surface area contributed by atoms with E-state index in [4.69, 9.17) is 10.2 Å². The first kappa shape index (κ1) is 63.1. The maximum atomic E-state index is 13.7. The molecular formula is C54H65N11O17. The number of phenols is 1. The Morgan fingerprint density at radius 1 is 0.671 bits per heavy atom. The van der Waals surface area contributed by atoms with Crippen LogP contribution >= 0.6 is 0 Å². The molecule has 2 heterocycles. The second-order valence-corrected chi connectivity index (χ2v) is 19.4. The zero-order chi connectivity index (χ0) is 60.5. The maximum absolute atomic E-state index is 13.7. The topological polar surface area (TPSA) is 450 Å². The molecule has 0 fully saturated rings. The lowest BCUT2D eigenvalue weighted by Gasteiger charge is -2.26. The normalized spacial score (nSPS) is 14.0. The van der Waals surface area contributed by atoms with Crippen LogP contribution in [0.3, 0.4) is 0 Å². The summed E-state index contributed by atoms with van der Waals surface area (Å²) >= 11 is 0. The number of H-pyrrole nitrogens is 1. The molecule has 82 heavy (non-hydrogen) atoms. The van der Waals surface area contributed by atoms with Gasteiger partial charge in [0.05, 0.1) is 18.0 Å². The van der Waals surface area contributed by atoms with Gasteiger partial charge in [0.2, 0.25) is 47.3 Å². The minimum atomic E-state index is -1.59. The predicted octanol–water partition coefficient (Wildman–Crippen LogP) is -0.571. The molecule has 9 amide bonds. The Balaban J connectivity index is 1.10. The first-order chi connectivity index (χ1) is 38.7. The number of fused-ring (bicyclic) bond motifs is 2. The van der Waals surface area contributed by atoms with Crippen molar-refractivity contribution in [3.05, 3.63) is 94.2 Å². The number of phenolic OH excluding ortho intramolecular Hbond substituents is 1. The van der Waals surface area contributed by atoms with Gasteiger partial charge in [0.15, 0.2) is 5.43 Å². The number of primary amides is 1. The van der Waals surface area contributed by atoms with E-state index in [1.165, 1.54) is 94.8 Å². The van der Waals surface area contributed by atoms with Crippen LogP contribution in [0.15, 0.2) is 76.3 Å². The van der Waals surface area contributed by atoms with Gasteiger partial charge < -0.3 is 78.1 Å². The number of aromatic amines is 1. The Labute approximate surface area is 467 Å². The number of aromatic hydroxyl groups is 1. The number of amides is 9. The molecule has 2 aromatic carbocycles. The van der Waals surface area contributed by atoms with Crippen LogP contribution in [0.2, 0.25) is 0 Å². The molecule has 2 aliphatic rings. The number of carbonyl (C=O) groups is 11. The van der Waals surface area contributed by atoms with Crippen molar-refractivity contribution >= 4 is 76.1 Å². The Morgan fingerprint density at radius 2 is 1.29 bits per heavy atom. The number of imidazole rings is 1. The zero-order valence-corrected chi connectivity index (χ0v) is 45.2. The van der Waals surface area contributed by atoms with Gasteiger partial charge in [-0.3, -0.25) is 52.7 Å². The summed E-state index contributed by atoms with van der Waals surface area (Å²) in [5, 5.41) is 59.7. The molecule has 0 spiro atoms. The molecule has 28 nitrogen and oxygen atoms in total. The van der Waals surface area contributed by atoms with E-state index >= 15 is 0 Å². The number of carboxylic acid groups (broad SMARTS) is 2. The highest BCUT2D eigenvalue weighted by Gasteiger charge is 2.34. The van der Waals surface area contributed by atoms with Gasteiger partial charge in [-0.15, -0.1) is 0 Å². The number of carbonyl (C=O) groups excluding carboxylic acids is 9. The lowest BCUT2D eigenvalue weighted by atomic mass is 9.89. The average Bonchev–Trinajstić information content (AvgIpc) is 3.00. The van der Waals surface area contributed by atoms with E-state index in [0.29, 0.717) is 41.5 Å². The van der Waals surface area contributed by atoms with E-state index in [0.717, 1.165) is 6.92 Å². The number of benzene rings is 3. The molecule has 5 rings (SSSR count). The van der Waals surface area contributed by atoms with Crippen molar-refractivity contribution in [2.75, 3.05) is 6.54 Å². The zero-order valence-electron chi connectivity index (χ0n) is 45.2. The number of aliphatic hydroxyl groups excluding tert-OH is 1. The molecule has 0 saturated heterocycles. The summed E-state index contributed by atoms with van der Waals surface area (Å²) in [5.74, 6) is -10.2. The van der Waals surface area contributed by atoms with Gasteiger partial charge in [-0.05, 0) is 95.0 Å². The van der Waals surface area contributed by atoms with Crippen LogP contribution in [-0.2, 0) is 49.6 Å². The van der Waals surface area contributed by atoms with Gasteiger partial charge >= 0.3 is 11.9 Å². The van der Waals surface area contributed by atoms with Gasteiger partial charge in [-0.2, -0.15) is 0 Å². The van der Waals surface area contributed by atoms with Gasteiger partial charge in [0, 0.05) is 72.4 Å². The largest absolute Gasteiger partial charge is 0.508 e. The Hall–Kier alpha value is -9.73. The van der Waals surface area contributed by atoms with Crippen LogP contribution in [0, 0.1) is 0 Å². The van der Waals surface area contributed by atoms with Crippen molar-refractivity contribution in [1.82, 2.24) is 52.5 Å². The third-order valence-electron chi connectivity index (χ3n) is 12.8. The van der Waals surface area contributed by atoms with E-state index < -0.39 is 126 Å². The number of nitrogens with two attached hydrogens (primary N) is 1. The molecule has 28 heteroatoms. The molecule has 0 unspecified atom stereocenters. The van der Waals surface area contributed by atoms with Crippen molar-refractivity contribution in [2.24, 2.45) is 5.73 Å². The molecule has 1 aliphatic carbocycles. The number of aromatic nitrogens is 2. The smallest absolute Gasteiger partial charge is 0.336 e. The summed E-state index contributed by atoms with van der Waals surface area (Å²) in [5.41, 5.74) is 6.62. The lowest BCUT2D eigenvalue weighted by molar-refractivity contribution is -0.138. The fourth-order valence-electron chi connectivity index (χ4n) is 8.47. The monoisotopic (exact) mass is 1140 g/mol. The molecule has 1 aromatic heterocycles. The second-order valence-electron chi connectivity index (χ2n) is 19.4. The second kappa shape index (κ2) is 28.9. The molecular weight excluding hydrogens is 1070 g/mol. The number of nitrogens with one attached hydrogen (secondary N) is 9. The van der Waals surface area contributed by atoms with Crippen molar-refractivity contribution in [3.63, 3.8) is 0 Å². The third-order valence-corrected chi connectivity index (χ3v) is 12.8. The summed E-state index contributed by atoms with van der Waals surface area (Å²) in [6, 6.07) is 2.64. The minimum Gasteiger partial charge on any atom is -0.508 e. The van der Waals surface area contributed by atoms with Crippen LogP contribution in [0.25, 0.3) is 33.4 Å². The van der Waals surface area contributed by atoms with E-state index in [1.807, 2.05) is 0 Å². The number of hydrogen-bond acceptors (Lipinski definition) is 16. The van der Waals surface area contributed by atoms with Crippen LogP contribution in [0.1, 0.15) is 99.6 Å². The van der Waals surface area contributed by atoms with Crippen molar-refractivity contribution < 1.29 is 77.6 Å². The Bertz CT molecular complexity index is 3230. The van der Waals surface area contributed by atoms with E-state index in [-0.39, 0.29) is 58.6 Å². The first-order valence-corrected chi connectivity index (χ1v) is 25.9. The molecule has 1 aliphatic heterocycles. The van der Waals surface area contributed by atoms with Crippen molar-refractivity contribution in [2.45, 2.75) is 128 Å². The number of aromatic carboxylic acids is 1. The summed E-state index contributed by atoms with van der Waals surface area (Å²) in [7, 11) is 0. The molecule has 0 saturated carbocycles. The molecule has 0 radical (unpaired) electrons. The number of rotatable bonds is 29. The molecule has 0 bridgehead atoms. The summed E-state index contributed by atoms with van der Waals surface area (Å²) in [6.45, 7) is 6.32. The fraction of sp³-hybridized carbons (Fsp3) is 0.389. The number of carboxylic acids is 2.